The average Bonchev–Trinajstić information content (AvgIpc) is 2.77. The highest BCUT2D eigenvalue weighted by atomic mass is 16.1. The molecule has 0 amide bonds. The lowest BCUT2D eigenvalue weighted by Crippen LogP contribution is -2.15. The Labute approximate surface area is 99.5 Å². The molecule has 5 nitrogen and oxygen atoms in total. The lowest BCUT2D eigenvalue weighted by molar-refractivity contribution is 0.675. The minimum Gasteiger partial charge on any atom is -0.313 e. The van der Waals surface area contributed by atoms with E-state index in [4.69, 9.17) is 0 Å². The van der Waals surface area contributed by atoms with E-state index in [9.17, 15) is 4.79 Å². The van der Waals surface area contributed by atoms with E-state index < -0.39 is 0 Å². The van der Waals surface area contributed by atoms with Crippen molar-refractivity contribution in [2.24, 2.45) is 0 Å². The van der Waals surface area contributed by atoms with Crippen molar-refractivity contribution in [1.29, 1.82) is 0 Å². The van der Waals surface area contributed by atoms with Gasteiger partial charge >= 0.3 is 5.69 Å². The van der Waals surface area contributed by atoms with Crippen molar-refractivity contribution >= 4 is 0 Å². The maximum absolute atomic E-state index is 11.3. The molecular formula is C12H16N4O. The fourth-order valence-electron chi connectivity index (χ4n) is 1.62. The van der Waals surface area contributed by atoms with Crippen LogP contribution in [0, 0.1) is 0 Å². The Morgan fingerprint density at radius 1 is 1.35 bits per heavy atom. The van der Waals surface area contributed by atoms with E-state index in [1.807, 2.05) is 24.3 Å². The van der Waals surface area contributed by atoms with Gasteiger partial charge < -0.3 is 5.32 Å². The molecule has 0 atom stereocenters. The number of H-pyrrole nitrogens is 1. The van der Waals surface area contributed by atoms with Gasteiger partial charge in [0, 0.05) is 6.54 Å². The van der Waals surface area contributed by atoms with Crippen molar-refractivity contribution in [3.05, 3.63) is 46.6 Å². The third-order valence-electron chi connectivity index (χ3n) is 2.52. The van der Waals surface area contributed by atoms with Crippen LogP contribution in [0.25, 0.3) is 5.69 Å². The quantitative estimate of drug-likeness (QED) is 0.758. The smallest absolute Gasteiger partial charge is 0.313 e. The standard InChI is InChI=1S/C12H16N4O/c1-2-7-13-8-10-3-5-11(6-4-10)16-9-14-15-12(16)17/h3-6,9,13H,2,7-8H2,1H3,(H,15,17). The highest BCUT2D eigenvalue weighted by Gasteiger charge is 2.00. The second kappa shape index (κ2) is 5.45. The van der Waals surface area contributed by atoms with Crippen molar-refractivity contribution in [3.63, 3.8) is 0 Å². The molecule has 0 saturated heterocycles. The summed E-state index contributed by atoms with van der Waals surface area (Å²) in [5.74, 6) is 0. The van der Waals surface area contributed by atoms with Crippen molar-refractivity contribution in [1.82, 2.24) is 20.1 Å². The number of aromatic amines is 1. The van der Waals surface area contributed by atoms with Gasteiger partial charge in [-0.05, 0) is 30.7 Å². The first-order valence-electron chi connectivity index (χ1n) is 5.73. The first-order valence-corrected chi connectivity index (χ1v) is 5.73. The molecule has 0 unspecified atom stereocenters. The Morgan fingerprint density at radius 2 is 2.12 bits per heavy atom. The van der Waals surface area contributed by atoms with Gasteiger partial charge in [0.2, 0.25) is 0 Å². The van der Waals surface area contributed by atoms with Crippen LogP contribution in [0.5, 0.6) is 0 Å². The van der Waals surface area contributed by atoms with Gasteiger partial charge in [-0.3, -0.25) is 0 Å². The lowest BCUT2D eigenvalue weighted by Gasteiger charge is -2.05. The zero-order chi connectivity index (χ0) is 12.1. The van der Waals surface area contributed by atoms with E-state index in [0.29, 0.717) is 0 Å². The van der Waals surface area contributed by atoms with E-state index >= 15 is 0 Å². The zero-order valence-electron chi connectivity index (χ0n) is 9.81. The summed E-state index contributed by atoms with van der Waals surface area (Å²) in [5.41, 5.74) is 1.81. The van der Waals surface area contributed by atoms with Gasteiger partial charge in [-0.2, -0.15) is 5.10 Å². The molecule has 2 N–H and O–H groups in total. The number of nitrogens with one attached hydrogen (secondary N) is 2. The fourth-order valence-corrected chi connectivity index (χ4v) is 1.62. The number of nitrogens with zero attached hydrogens (tertiary/aromatic N) is 2. The van der Waals surface area contributed by atoms with Crippen LogP contribution >= 0.6 is 0 Å². The average molecular weight is 232 g/mol. The summed E-state index contributed by atoms with van der Waals surface area (Å²) in [6.07, 6.45) is 2.61. The predicted octanol–water partition coefficient (Wildman–Crippen LogP) is 1.06. The van der Waals surface area contributed by atoms with E-state index in [0.717, 1.165) is 25.2 Å². The van der Waals surface area contributed by atoms with Gasteiger partial charge in [-0.25, -0.2) is 14.5 Å². The molecule has 0 aliphatic rings. The molecule has 0 aliphatic carbocycles. The third kappa shape index (κ3) is 2.82. The molecule has 0 radical (unpaired) electrons. The molecule has 90 valence electrons. The van der Waals surface area contributed by atoms with Crippen LogP contribution in [0.2, 0.25) is 0 Å². The van der Waals surface area contributed by atoms with Crippen LogP contribution in [0.3, 0.4) is 0 Å². The first-order chi connectivity index (χ1) is 8.31. The molecule has 17 heavy (non-hydrogen) atoms. The maximum Gasteiger partial charge on any atom is 0.347 e. The fraction of sp³-hybridized carbons (Fsp3) is 0.333. The van der Waals surface area contributed by atoms with Crippen LogP contribution in [0.4, 0.5) is 0 Å². The van der Waals surface area contributed by atoms with Gasteiger partial charge in [-0.1, -0.05) is 19.1 Å². The molecule has 0 aliphatic heterocycles. The van der Waals surface area contributed by atoms with Crippen molar-refractivity contribution in [2.45, 2.75) is 19.9 Å². The number of aromatic nitrogens is 3. The summed E-state index contributed by atoms with van der Waals surface area (Å²) in [5, 5.41) is 9.39. The molecule has 0 spiro atoms. The van der Waals surface area contributed by atoms with Crippen molar-refractivity contribution in [2.75, 3.05) is 6.54 Å². The third-order valence-corrected chi connectivity index (χ3v) is 2.52. The van der Waals surface area contributed by atoms with E-state index in [1.54, 1.807) is 0 Å². The van der Waals surface area contributed by atoms with Crippen LogP contribution in [-0.4, -0.2) is 21.3 Å². The zero-order valence-corrected chi connectivity index (χ0v) is 9.81. The van der Waals surface area contributed by atoms with Gasteiger partial charge in [0.1, 0.15) is 6.33 Å². The number of benzene rings is 1. The maximum atomic E-state index is 11.3. The van der Waals surface area contributed by atoms with E-state index in [2.05, 4.69) is 22.4 Å². The summed E-state index contributed by atoms with van der Waals surface area (Å²) in [6.45, 7) is 4.01. The van der Waals surface area contributed by atoms with Gasteiger partial charge in [0.15, 0.2) is 0 Å². The SMILES string of the molecule is CCCNCc1ccc(-n2cn[nH]c2=O)cc1. The Bertz CT molecular complexity index is 512. The Hall–Kier alpha value is -1.88. The molecule has 0 bridgehead atoms. The van der Waals surface area contributed by atoms with Crippen LogP contribution < -0.4 is 11.0 Å². The topological polar surface area (TPSA) is 62.7 Å². The second-order valence-electron chi connectivity index (χ2n) is 3.87. The molecular weight excluding hydrogens is 216 g/mol. The monoisotopic (exact) mass is 232 g/mol. The number of rotatable bonds is 5. The normalized spacial score (nSPS) is 10.6. The van der Waals surface area contributed by atoms with Crippen LogP contribution in [-0.2, 0) is 6.54 Å². The molecule has 1 aromatic heterocycles. The van der Waals surface area contributed by atoms with Crippen molar-refractivity contribution < 1.29 is 0 Å². The minimum atomic E-state index is -0.221. The molecule has 0 fully saturated rings. The summed E-state index contributed by atoms with van der Waals surface area (Å²) in [6, 6.07) is 7.86. The molecule has 1 aromatic carbocycles. The van der Waals surface area contributed by atoms with Crippen molar-refractivity contribution in [3.8, 4) is 5.69 Å². The Balaban J connectivity index is 2.08. The summed E-state index contributed by atoms with van der Waals surface area (Å²) < 4.78 is 1.48. The molecule has 5 heteroatoms. The molecule has 2 aromatic rings. The summed E-state index contributed by atoms with van der Waals surface area (Å²) in [7, 11) is 0. The lowest BCUT2D eigenvalue weighted by atomic mass is 10.2. The van der Waals surface area contributed by atoms with Gasteiger partial charge in [0.25, 0.3) is 0 Å². The largest absolute Gasteiger partial charge is 0.347 e. The molecule has 1 heterocycles. The summed E-state index contributed by atoms with van der Waals surface area (Å²) in [4.78, 5) is 11.3. The van der Waals surface area contributed by atoms with Gasteiger partial charge in [0.05, 0.1) is 5.69 Å². The minimum absolute atomic E-state index is 0.221. The van der Waals surface area contributed by atoms with Gasteiger partial charge in [-0.15, -0.1) is 0 Å². The second-order valence-corrected chi connectivity index (χ2v) is 3.87. The van der Waals surface area contributed by atoms with Crippen LogP contribution in [0.1, 0.15) is 18.9 Å². The van der Waals surface area contributed by atoms with E-state index in [1.165, 1.54) is 16.5 Å². The predicted molar refractivity (Wildman–Crippen MR) is 66.2 cm³/mol. The van der Waals surface area contributed by atoms with Crippen LogP contribution in [0.15, 0.2) is 35.4 Å². The Morgan fingerprint density at radius 3 is 2.71 bits per heavy atom. The molecule has 2 rings (SSSR count). The highest BCUT2D eigenvalue weighted by Crippen LogP contribution is 2.06. The first kappa shape index (κ1) is 11.6. The highest BCUT2D eigenvalue weighted by molar-refractivity contribution is 5.34. The summed E-state index contributed by atoms with van der Waals surface area (Å²) >= 11 is 0. The Kier molecular flexibility index (Phi) is 3.72. The number of hydrogen-bond donors (Lipinski definition) is 2. The van der Waals surface area contributed by atoms with E-state index in [-0.39, 0.29) is 5.69 Å². The number of hydrogen-bond acceptors (Lipinski definition) is 3. The molecule has 0 saturated carbocycles.